The summed E-state index contributed by atoms with van der Waals surface area (Å²) in [4.78, 5) is 0. The zero-order valence-electron chi connectivity index (χ0n) is 6.38. The first-order valence-corrected chi connectivity index (χ1v) is 3.55. The minimum Gasteiger partial charge on any atom is -0.0964 e. The molecular weight excluding hydrogens is 129 g/mol. The van der Waals surface area contributed by atoms with Crippen molar-refractivity contribution < 1.29 is 0 Å². The quantitative estimate of drug-likeness (QED) is 0.494. The van der Waals surface area contributed by atoms with E-state index in [4.69, 9.17) is 23.5 Å². The van der Waals surface area contributed by atoms with E-state index in [0.29, 0.717) is 12.6 Å². The van der Waals surface area contributed by atoms with Gasteiger partial charge in [0.1, 0.15) is 7.85 Å². The molecule has 0 spiro atoms. The van der Waals surface area contributed by atoms with Gasteiger partial charge in [0, 0.05) is 0 Å². The van der Waals surface area contributed by atoms with E-state index in [9.17, 15) is 0 Å². The third-order valence-electron chi connectivity index (χ3n) is 1.67. The topological polar surface area (TPSA) is 0 Å². The van der Waals surface area contributed by atoms with Crippen molar-refractivity contribution in [1.82, 2.24) is 0 Å². The molecule has 48 valence electrons. The van der Waals surface area contributed by atoms with Gasteiger partial charge < -0.3 is 0 Å². The molecule has 0 aromatic heterocycles. The van der Waals surface area contributed by atoms with Gasteiger partial charge in [-0.05, 0) is 0 Å². The molecule has 0 aliphatic rings. The van der Waals surface area contributed by atoms with Crippen LogP contribution in [0.1, 0.15) is 11.1 Å². The fourth-order valence-electron chi connectivity index (χ4n) is 1.04. The van der Waals surface area contributed by atoms with Crippen molar-refractivity contribution in [2.24, 2.45) is 0 Å². The van der Waals surface area contributed by atoms with Crippen LogP contribution in [0.3, 0.4) is 0 Å². The minimum atomic E-state index is 0.498. The molecule has 1 aromatic carbocycles. The summed E-state index contributed by atoms with van der Waals surface area (Å²) < 4.78 is 0. The highest BCUT2D eigenvalue weighted by Crippen LogP contribution is 2.05. The Morgan fingerprint density at radius 2 is 1.64 bits per heavy atom. The molecule has 0 bridgehead atoms. The third kappa shape index (κ3) is 1.92. The maximum absolute atomic E-state index is 5.56. The van der Waals surface area contributed by atoms with Crippen LogP contribution in [0, 0.1) is 0 Å². The van der Waals surface area contributed by atoms with Crippen LogP contribution in [-0.2, 0) is 12.6 Å². The molecule has 0 heterocycles. The van der Waals surface area contributed by atoms with Gasteiger partial charge in [0.25, 0.3) is 0 Å². The van der Waals surface area contributed by atoms with Crippen molar-refractivity contribution in [2.45, 2.75) is 12.6 Å². The van der Waals surface area contributed by atoms with E-state index >= 15 is 0 Å². The predicted molar refractivity (Wildman–Crippen MR) is 50.7 cm³/mol. The van der Waals surface area contributed by atoms with E-state index in [1.165, 1.54) is 0 Å². The van der Waals surface area contributed by atoms with Gasteiger partial charge in [-0.1, -0.05) is 47.4 Å². The van der Waals surface area contributed by atoms with Crippen molar-refractivity contribution in [3.63, 3.8) is 0 Å². The van der Waals surface area contributed by atoms with Crippen LogP contribution in [0.15, 0.2) is 18.2 Å². The van der Waals surface area contributed by atoms with Crippen molar-refractivity contribution in [3.05, 3.63) is 29.3 Å². The van der Waals surface area contributed by atoms with Crippen LogP contribution in [0.5, 0.6) is 0 Å². The number of benzene rings is 1. The molecule has 3 heteroatoms. The summed E-state index contributed by atoms with van der Waals surface area (Å²) in [5, 5.41) is 0. The smallest absolute Gasteiger partial charge is 0.0964 e. The molecule has 0 amide bonds. The molecule has 0 fully saturated rings. The SMILES string of the molecule is [B]Cc1ccc([B])cc1C[B]. The highest BCUT2D eigenvalue weighted by molar-refractivity contribution is 6.32. The van der Waals surface area contributed by atoms with Gasteiger partial charge in [0.2, 0.25) is 0 Å². The van der Waals surface area contributed by atoms with Gasteiger partial charge in [-0.3, -0.25) is 0 Å². The van der Waals surface area contributed by atoms with E-state index < -0.39 is 0 Å². The van der Waals surface area contributed by atoms with Crippen molar-refractivity contribution >= 4 is 29.0 Å². The normalized spacial score (nSPS) is 9.82. The molecule has 0 atom stereocenters. The second-order valence-corrected chi connectivity index (χ2v) is 2.44. The molecule has 1 rings (SSSR count). The van der Waals surface area contributed by atoms with Crippen molar-refractivity contribution in [1.29, 1.82) is 0 Å². The molecule has 0 aliphatic carbocycles. The Hall–Kier alpha value is -0.585. The fourth-order valence-corrected chi connectivity index (χ4v) is 1.04. The molecule has 0 unspecified atom stereocenters. The van der Waals surface area contributed by atoms with E-state index in [1.807, 2.05) is 18.2 Å². The monoisotopic (exact) mass is 136 g/mol. The second kappa shape index (κ2) is 3.70. The maximum atomic E-state index is 5.56. The second-order valence-electron chi connectivity index (χ2n) is 2.44. The Bertz CT molecular complexity index is 245. The zero-order valence-corrected chi connectivity index (χ0v) is 6.38. The Balaban J connectivity index is 3.06. The lowest BCUT2D eigenvalue weighted by atomic mass is 9.83. The summed E-state index contributed by atoms with van der Waals surface area (Å²) in [5.41, 5.74) is 2.84. The standard InChI is InChI=1S/C8H7B3/c9-4-6-1-2-8(11)3-7(6)5-10/h1-3H,4-5H2. The molecule has 1 aromatic rings. The van der Waals surface area contributed by atoms with Gasteiger partial charge in [-0.25, -0.2) is 0 Å². The van der Waals surface area contributed by atoms with E-state index in [0.717, 1.165) is 16.6 Å². The lowest BCUT2D eigenvalue weighted by molar-refractivity contribution is 1.27. The van der Waals surface area contributed by atoms with Crippen molar-refractivity contribution in [2.75, 3.05) is 0 Å². The number of hydrogen-bond acceptors (Lipinski definition) is 0. The Kier molecular flexibility index (Phi) is 2.87. The predicted octanol–water partition coefficient (Wildman–Crippen LogP) is -0.183. The first kappa shape index (κ1) is 8.51. The summed E-state index contributed by atoms with van der Waals surface area (Å²) >= 11 is 0. The molecule has 6 radical (unpaired) electrons. The minimum absolute atomic E-state index is 0.498. The largest absolute Gasteiger partial charge is 0.113 e. The van der Waals surface area contributed by atoms with Crippen LogP contribution in [-0.4, -0.2) is 23.5 Å². The van der Waals surface area contributed by atoms with E-state index in [1.54, 1.807) is 0 Å². The molecule has 0 saturated heterocycles. The summed E-state index contributed by atoms with van der Waals surface area (Å²) in [5.74, 6) is 0. The Morgan fingerprint density at radius 1 is 1.00 bits per heavy atom. The number of rotatable bonds is 2. The summed E-state index contributed by atoms with van der Waals surface area (Å²) in [6.45, 7) is 0. The molecule has 0 saturated carbocycles. The van der Waals surface area contributed by atoms with Gasteiger partial charge in [0.05, 0.1) is 15.7 Å². The third-order valence-corrected chi connectivity index (χ3v) is 1.67. The summed E-state index contributed by atoms with van der Waals surface area (Å²) in [7, 11) is 16.5. The zero-order chi connectivity index (χ0) is 8.27. The maximum Gasteiger partial charge on any atom is 0.113 e. The van der Waals surface area contributed by atoms with E-state index in [-0.39, 0.29) is 0 Å². The highest BCUT2D eigenvalue weighted by atomic mass is 14.0. The Morgan fingerprint density at radius 3 is 2.18 bits per heavy atom. The summed E-state index contributed by atoms with van der Waals surface area (Å²) in [6.07, 6.45) is 1.02. The van der Waals surface area contributed by atoms with E-state index in [2.05, 4.69) is 0 Å². The first-order valence-electron chi connectivity index (χ1n) is 3.55. The van der Waals surface area contributed by atoms with Crippen LogP contribution < -0.4 is 5.46 Å². The van der Waals surface area contributed by atoms with Crippen molar-refractivity contribution in [3.8, 4) is 0 Å². The van der Waals surface area contributed by atoms with Gasteiger partial charge in [0.15, 0.2) is 0 Å². The van der Waals surface area contributed by atoms with Gasteiger partial charge in [-0.2, -0.15) is 0 Å². The molecule has 0 aliphatic heterocycles. The lowest BCUT2D eigenvalue weighted by Crippen LogP contribution is -2.06. The Labute approximate surface area is 71.6 Å². The van der Waals surface area contributed by atoms with Crippen LogP contribution in [0.25, 0.3) is 0 Å². The molecule has 11 heavy (non-hydrogen) atoms. The molecule has 0 nitrogen and oxygen atoms in total. The van der Waals surface area contributed by atoms with Gasteiger partial charge in [-0.15, -0.1) is 0 Å². The van der Waals surface area contributed by atoms with Gasteiger partial charge >= 0.3 is 0 Å². The fraction of sp³-hybridized carbons (Fsp3) is 0.250. The van der Waals surface area contributed by atoms with Crippen LogP contribution in [0.4, 0.5) is 0 Å². The average Bonchev–Trinajstić information content (AvgIpc) is 2.04. The average molecular weight is 136 g/mol. The number of hydrogen-bond donors (Lipinski definition) is 0. The lowest BCUT2D eigenvalue weighted by Gasteiger charge is -2.06. The van der Waals surface area contributed by atoms with Crippen LogP contribution in [0.2, 0.25) is 0 Å². The van der Waals surface area contributed by atoms with Crippen LogP contribution >= 0.6 is 0 Å². The first-order chi connectivity index (χ1) is 5.27. The highest BCUT2D eigenvalue weighted by Gasteiger charge is 1.96. The molecular formula is C8H7B3. The summed E-state index contributed by atoms with van der Waals surface area (Å²) in [6, 6.07) is 5.61. The molecule has 0 N–H and O–H groups in total.